The van der Waals surface area contributed by atoms with Crippen LogP contribution >= 0.6 is 0 Å². The Labute approximate surface area is 124 Å². The van der Waals surface area contributed by atoms with Gasteiger partial charge in [-0.2, -0.15) is 0 Å². The molecular formula is C17H20O4. The maximum Gasteiger partial charge on any atom is 0.203 e. The Balaban J connectivity index is 2.13. The molecule has 2 aromatic rings. The van der Waals surface area contributed by atoms with Crippen LogP contribution in [0.5, 0.6) is 23.0 Å². The largest absolute Gasteiger partial charge is 0.508 e. The first kappa shape index (κ1) is 15.0. The summed E-state index contributed by atoms with van der Waals surface area (Å²) in [6.45, 7) is 1.95. The average molecular weight is 288 g/mol. The summed E-state index contributed by atoms with van der Waals surface area (Å²) < 4.78 is 16.5. The maximum atomic E-state index is 9.81. The summed E-state index contributed by atoms with van der Waals surface area (Å²) in [5, 5.41) is 9.81. The zero-order chi connectivity index (χ0) is 15.2. The lowest BCUT2D eigenvalue weighted by Crippen LogP contribution is -2.15. The Bertz CT molecular complexity index is 595. The lowest BCUT2D eigenvalue weighted by molar-refractivity contribution is 0.208. The molecule has 0 heterocycles. The van der Waals surface area contributed by atoms with E-state index in [1.54, 1.807) is 26.4 Å². The van der Waals surface area contributed by atoms with E-state index in [2.05, 4.69) is 0 Å². The molecule has 0 spiro atoms. The van der Waals surface area contributed by atoms with E-state index in [-0.39, 0.29) is 11.9 Å². The molecule has 0 bridgehead atoms. The third kappa shape index (κ3) is 3.60. The van der Waals surface area contributed by atoms with Gasteiger partial charge in [-0.05, 0) is 30.7 Å². The molecule has 0 saturated carbocycles. The zero-order valence-electron chi connectivity index (χ0n) is 12.5. The molecule has 0 saturated heterocycles. The smallest absolute Gasteiger partial charge is 0.203 e. The van der Waals surface area contributed by atoms with Gasteiger partial charge in [-0.1, -0.05) is 24.3 Å². The molecule has 4 heteroatoms. The van der Waals surface area contributed by atoms with E-state index in [0.717, 1.165) is 5.56 Å². The quantitative estimate of drug-likeness (QED) is 0.884. The molecule has 0 fully saturated rings. The second kappa shape index (κ2) is 6.88. The number of ether oxygens (including phenoxy) is 3. The van der Waals surface area contributed by atoms with Crippen LogP contribution in [-0.2, 0) is 6.42 Å². The van der Waals surface area contributed by atoms with Gasteiger partial charge < -0.3 is 19.3 Å². The molecule has 1 N–H and O–H groups in total. The summed E-state index contributed by atoms with van der Waals surface area (Å²) in [6, 6.07) is 12.8. The number of hydrogen-bond acceptors (Lipinski definition) is 4. The van der Waals surface area contributed by atoms with Gasteiger partial charge in [0.05, 0.1) is 14.2 Å². The van der Waals surface area contributed by atoms with Crippen molar-refractivity contribution in [3.63, 3.8) is 0 Å². The Morgan fingerprint density at radius 1 is 0.952 bits per heavy atom. The summed E-state index contributed by atoms with van der Waals surface area (Å²) in [6.07, 6.45) is 0.492. The van der Waals surface area contributed by atoms with E-state index in [1.807, 2.05) is 37.3 Å². The highest BCUT2D eigenvalue weighted by Crippen LogP contribution is 2.37. The van der Waals surface area contributed by atoms with E-state index >= 15 is 0 Å². The van der Waals surface area contributed by atoms with Crippen molar-refractivity contribution >= 4 is 0 Å². The van der Waals surface area contributed by atoms with Crippen LogP contribution in [0.1, 0.15) is 12.5 Å². The van der Waals surface area contributed by atoms with Gasteiger partial charge in [0.15, 0.2) is 11.5 Å². The molecule has 4 nitrogen and oxygen atoms in total. The SMILES string of the molecule is COc1cccc(OC(C)Cc2ccccc2O)c1OC. The maximum absolute atomic E-state index is 9.81. The van der Waals surface area contributed by atoms with Gasteiger partial charge in [-0.15, -0.1) is 0 Å². The van der Waals surface area contributed by atoms with Gasteiger partial charge >= 0.3 is 0 Å². The Morgan fingerprint density at radius 2 is 1.67 bits per heavy atom. The molecule has 1 unspecified atom stereocenters. The van der Waals surface area contributed by atoms with E-state index in [4.69, 9.17) is 14.2 Å². The van der Waals surface area contributed by atoms with Gasteiger partial charge in [0.2, 0.25) is 5.75 Å². The van der Waals surface area contributed by atoms with Crippen LogP contribution in [-0.4, -0.2) is 25.4 Å². The highest BCUT2D eigenvalue weighted by Gasteiger charge is 2.14. The third-order valence-corrected chi connectivity index (χ3v) is 3.19. The number of benzene rings is 2. The summed E-state index contributed by atoms with van der Waals surface area (Å²) in [5.41, 5.74) is 0.854. The summed E-state index contributed by atoms with van der Waals surface area (Å²) >= 11 is 0. The lowest BCUT2D eigenvalue weighted by Gasteiger charge is -2.18. The van der Waals surface area contributed by atoms with Crippen molar-refractivity contribution in [1.29, 1.82) is 0 Å². The van der Waals surface area contributed by atoms with Crippen LogP contribution in [0.2, 0.25) is 0 Å². The van der Waals surface area contributed by atoms with Crippen LogP contribution < -0.4 is 14.2 Å². The van der Waals surface area contributed by atoms with Gasteiger partial charge in [0.1, 0.15) is 11.9 Å². The van der Waals surface area contributed by atoms with Gasteiger partial charge in [-0.3, -0.25) is 0 Å². The number of rotatable bonds is 6. The number of phenols is 1. The van der Waals surface area contributed by atoms with Crippen molar-refractivity contribution in [2.75, 3.05) is 14.2 Å². The molecule has 0 aliphatic heterocycles. The summed E-state index contributed by atoms with van der Waals surface area (Å²) in [5.74, 6) is 2.11. The predicted octanol–water partition coefficient (Wildman–Crippen LogP) is 3.42. The average Bonchev–Trinajstić information content (AvgIpc) is 2.49. The van der Waals surface area contributed by atoms with Gasteiger partial charge in [0, 0.05) is 6.42 Å². The van der Waals surface area contributed by atoms with Crippen molar-refractivity contribution in [1.82, 2.24) is 0 Å². The van der Waals surface area contributed by atoms with Crippen LogP contribution in [0.3, 0.4) is 0 Å². The van der Waals surface area contributed by atoms with Crippen LogP contribution in [0.4, 0.5) is 0 Å². The second-order valence-corrected chi connectivity index (χ2v) is 4.75. The fourth-order valence-corrected chi connectivity index (χ4v) is 2.20. The molecule has 112 valence electrons. The minimum atomic E-state index is -0.112. The van der Waals surface area contributed by atoms with E-state index in [1.165, 1.54) is 0 Å². The number of para-hydroxylation sites is 2. The van der Waals surface area contributed by atoms with Crippen molar-refractivity contribution in [3.05, 3.63) is 48.0 Å². The molecule has 0 amide bonds. The molecular weight excluding hydrogens is 268 g/mol. The molecule has 2 rings (SSSR count). The fraction of sp³-hybridized carbons (Fsp3) is 0.294. The van der Waals surface area contributed by atoms with E-state index < -0.39 is 0 Å². The third-order valence-electron chi connectivity index (χ3n) is 3.19. The normalized spacial score (nSPS) is 11.8. The fourth-order valence-electron chi connectivity index (χ4n) is 2.20. The molecule has 2 aromatic carbocycles. The van der Waals surface area contributed by atoms with Crippen molar-refractivity contribution in [2.45, 2.75) is 19.4 Å². The Morgan fingerprint density at radius 3 is 2.33 bits per heavy atom. The van der Waals surface area contributed by atoms with Crippen LogP contribution in [0.15, 0.2) is 42.5 Å². The molecule has 1 atom stereocenters. The number of hydrogen-bond donors (Lipinski definition) is 1. The minimum Gasteiger partial charge on any atom is -0.508 e. The highest BCUT2D eigenvalue weighted by atomic mass is 16.5. The molecule has 0 radical (unpaired) electrons. The van der Waals surface area contributed by atoms with Crippen molar-refractivity contribution in [2.24, 2.45) is 0 Å². The number of aromatic hydroxyl groups is 1. The zero-order valence-corrected chi connectivity index (χ0v) is 12.5. The first-order valence-electron chi connectivity index (χ1n) is 6.80. The summed E-state index contributed by atoms with van der Waals surface area (Å²) in [7, 11) is 3.17. The highest BCUT2D eigenvalue weighted by molar-refractivity contribution is 5.51. The minimum absolute atomic E-state index is 0.112. The van der Waals surface area contributed by atoms with E-state index in [9.17, 15) is 5.11 Å². The first-order chi connectivity index (χ1) is 10.2. The van der Waals surface area contributed by atoms with Crippen LogP contribution in [0, 0.1) is 0 Å². The van der Waals surface area contributed by atoms with Crippen LogP contribution in [0.25, 0.3) is 0 Å². The number of phenolic OH excluding ortho intramolecular Hbond substituents is 1. The molecule has 0 aliphatic rings. The van der Waals surface area contributed by atoms with Crippen molar-refractivity contribution in [3.8, 4) is 23.0 Å². The topological polar surface area (TPSA) is 47.9 Å². The molecule has 21 heavy (non-hydrogen) atoms. The predicted molar refractivity (Wildman–Crippen MR) is 81.4 cm³/mol. The second-order valence-electron chi connectivity index (χ2n) is 4.75. The Kier molecular flexibility index (Phi) is 4.93. The standard InChI is InChI=1S/C17H20O4/c1-12(11-13-7-4-5-8-14(13)18)21-16-10-6-9-15(19-2)17(16)20-3/h4-10,12,18H,11H2,1-3H3. The molecule has 0 aromatic heterocycles. The first-order valence-corrected chi connectivity index (χ1v) is 6.80. The van der Waals surface area contributed by atoms with Gasteiger partial charge in [-0.25, -0.2) is 0 Å². The van der Waals surface area contributed by atoms with E-state index in [0.29, 0.717) is 23.7 Å². The Hall–Kier alpha value is -2.36. The van der Waals surface area contributed by atoms with Crippen molar-refractivity contribution < 1.29 is 19.3 Å². The monoisotopic (exact) mass is 288 g/mol. The molecule has 0 aliphatic carbocycles. The summed E-state index contributed by atoms with van der Waals surface area (Å²) in [4.78, 5) is 0. The number of methoxy groups -OCH3 is 2. The lowest BCUT2D eigenvalue weighted by atomic mass is 10.1. The van der Waals surface area contributed by atoms with Gasteiger partial charge in [0.25, 0.3) is 0 Å².